The van der Waals surface area contributed by atoms with E-state index < -0.39 is 0 Å². The molecule has 2 heteroatoms. The second-order valence-corrected chi connectivity index (χ2v) is 7.07. The Bertz CT molecular complexity index is 621. The quantitative estimate of drug-likeness (QED) is 0.718. The first kappa shape index (κ1) is 15.0. The number of hydrogen-bond acceptors (Lipinski definition) is 1. The van der Waals surface area contributed by atoms with Gasteiger partial charge in [0.15, 0.2) is 0 Å². The summed E-state index contributed by atoms with van der Waals surface area (Å²) in [6, 6.07) is 16.2. The molecule has 0 radical (unpaired) electrons. The second-order valence-electron chi connectivity index (χ2n) is 5.82. The fraction of sp³-hybridized carbons (Fsp3) is 0.368. The van der Waals surface area contributed by atoms with Gasteiger partial charge in [-0.2, -0.15) is 0 Å². The smallest absolute Gasteiger partial charge is 0.0577 e. The summed E-state index contributed by atoms with van der Waals surface area (Å²) in [5.41, 5.74) is 5.89. The zero-order valence-electron chi connectivity index (χ0n) is 12.5. The average molecular weight is 391 g/mol. The predicted molar refractivity (Wildman–Crippen MR) is 97.8 cm³/mol. The van der Waals surface area contributed by atoms with Crippen LogP contribution in [-0.2, 0) is 12.8 Å². The van der Waals surface area contributed by atoms with Crippen LogP contribution in [0.25, 0.3) is 0 Å². The van der Waals surface area contributed by atoms with Gasteiger partial charge in [-0.1, -0.05) is 37.3 Å². The molecule has 1 unspecified atom stereocenters. The molecule has 0 saturated heterocycles. The van der Waals surface area contributed by atoms with Crippen molar-refractivity contribution in [1.29, 1.82) is 0 Å². The zero-order chi connectivity index (χ0) is 14.7. The Kier molecular flexibility index (Phi) is 4.96. The summed E-state index contributed by atoms with van der Waals surface area (Å²) in [5.74, 6) is 0. The minimum atomic E-state index is 0.311. The molecule has 21 heavy (non-hydrogen) atoms. The van der Waals surface area contributed by atoms with Gasteiger partial charge < -0.3 is 5.32 Å². The number of fused-ring (bicyclic) bond motifs is 1. The molecule has 1 aliphatic rings. The van der Waals surface area contributed by atoms with Crippen LogP contribution in [0.5, 0.6) is 0 Å². The number of hydrogen-bond donors (Lipinski definition) is 1. The van der Waals surface area contributed by atoms with E-state index in [1.165, 1.54) is 34.0 Å². The van der Waals surface area contributed by atoms with Crippen molar-refractivity contribution in [1.82, 2.24) is 5.32 Å². The van der Waals surface area contributed by atoms with Crippen LogP contribution in [-0.4, -0.2) is 6.54 Å². The molecule has 1 N–H and O–H groups in total. The highest BCUT2D eigenvalue weighted by atomic mass is 127. The van der Waals surface area contributed by atoms with Crippen LogP contribution in [0.3, 0.4) is 0 Å². The van der Waals surface area contributed by atoms with E-state index >= 15 is 0 Å². The standard InChI is InChI=1S/C19H22IN/c1-2-11-21-19(16-7-4-8-18(20)13-16)17-10-9-14-5-3-6-15(14)12-17/h4,7-10,12-13,19,21H,2-3,5-6,11H2,1H3. The van der Waals surface area contributed by atoms with E-state index in [2.05, 4.69) is 77.3 Å². The second kappa shape index (κ2) is 6.93. The third kappa shape index (κ3) is 3.49. The largest absolute Gasteiger partial charge is 0.306 e. The van der Waals surface area contributed by atoms with Crippen LogP contribution >= 0.6 is 22.6 Å². The molecule has 0 saturated carbocycles. The molecule has 1 nitrogen and oxygen atoms in total. The van der Waals surface area contributed by atoms with E-state index in [-0.39, 0.29) is 0 Å². The summed E-state index contributed by atoms with van der Waals surface area (Å²) in [6.07, 6.45) is 4.97. The summed E-state index contributed by atoms with van der Waals surface area (Å²) in [6.45, 7) is 3.27. The first-order valence-electron chi connectivity index (χ1n) is 7.88. The normalized spacial score (nSPS) is 15.0. The zero-order valence-corrected chi connectivity index (χ0v) is 14.7. The molecule has 2 aromatic carbocycles. The van der Waals surface area contributed by atoms with E-state index in [9.17, 15) is 0 Å². The van der Waals surface area contributed by atoms with Crippen molar-refractivity contribution in [3.8, 4) is 0 Å². The molecule has 0 spiro atoms. The molecule has 0 aromatic heterocycles. The summed E-state index contributed by atoms with van der Waals surface area (Å²) in [4.78, 5) is 0. The van der Waals surface area contributed by atoms with Gasteiger partial charge in [0.05, 0.1) is 6.04 Å². The molecule has 110 valence electrons. The van der Waals surface area contributed by atoms with Gasteiger partial charge >= 0.3 is 0 Å². The lowest BCUT2D eigenvalue weighted by atomic mass is 9.95. The molecule has 0 fully saturated rings. The van der Waals surface area contributed by atoms with E-state index in [1.54, 1.807) is 11.1 Å². The number of halogens is 1. The Hall–Kier alpha value is -0.870. The maximum Gasteiger partial charge on any atom is 0.0577 e. The number of benzene rings is 2. The topological polar surface area (TPSA) is 12.0 Å². The molecule has 0 bridgehead atoms. The highest BCUT2D eigenvalue weighted by Gasteiger charge is 2.17. The Balaban J connectivity index is 1.95. The average Bonchev–Trinajstić information content (AvgIpc) is 2.95. The number of aryl methyl sites for hydroxylation is 2. The van der Waals surface area contributed by atoms with Gasteiger partial charge in [-0.25, -0.2) is 0 Å². The third-order valence-electron chi connectivity index (χ3n) is 4.24. The summed E-state index contributed by atoms with van der Waals surface area (Å²) < 4.78 is 1.30. The number of nitrogens with one attached hydrogen (secondary N) is 1. The van der Waals surface area contributed by atoms with Crippen LogP contribution in [0.2, 0.25) is 0 Å². The highest BCUT2D eigenvalue weighted by Crippen LogP contribution is 2.29. The van der Waals surface area contributed by atoms with Gasteiger partial charge in [0.1, 0.15) is 0 Å². The number of rotatable bonds is 5. The SMILES string of the molecule is CCCNC(c1cccc(I)c1)c1ccc2c(c1)CCC2. The Morgan fingerprint density at radius 2 is 1.86 bits per heavy atom. The maximum absolute atomic E-state index is 3.72. The summed E-state index contributed by atoms with van der Waals surface area (Å²) in [5, 5.41) is 3.72. The van der Waals surface area contributed by atoms with Gasteiger partial charge in [0.2, 0.25) is 0 Å². The van der Waals surface area contributed by atoms with Crippen molar-refractivity contribution in [3.05, 3.63) is 68.3 Å². The maximum atomic E-state index is 3.72. The minimum Gasteiger partial charge on any atom is -0.306 e. The molecular formula is C19H22IN. The van der Waals surface area contributed by atoms with Gasteiger partial charge in [-0.15, -0.1) is 0 Å². The Morgan fingerprint density at radius 3 is 2.67 bits per heavy atom. The molecule has 0 amide bonds. The van der Waals surface area contributed by atoms with Gasteiger partial charge in [-0.05, 0) is 89.2 Å². The van der Waals surface area contributed by atoms with Crippen molar-refractivity contribution in [2.45, 2.75) is 38.6 Å². The van der Waals surface area contributed by atoms with Gasteiger partial charge in [0, 0.05) is 3.57 Å². The van der Waals surface area contributed by atoms with Crippen LogP contribution in [0.1, 0.15) is 48.1 Å². The van der Waals surface area contributed by atoms with Crippen LogP contribution in [0.4, 0.5) is 0 Å². The Labute approximate surface area is 141 Å². The van der Waals surface area contributed by atoms with Crippen molar-refractivity contribution in [2.24, 2.45) is 0 Å². The van der Waals surface area contributed by atoms with E-state index in [0.29, 0.717) is 6.04 Å². The lowest BCUT2D eigenvalue weighted by Gasteiger charge is -2.21. The molecule has 2 aromatic rings. The third-order valence-corrected chi connectivity index (χ3v) is 4.91. The minimum absolute atomic E-state index is 0.311. The molecule has 1 atom stereocenters. The highest BCUT2D eigenvalue weighted by molar-refractivity contribution is 14.1. The lowest BCUT2D eigenvalue weighted by Crippen LogP contribution is -2.23. The fourth-order valence-electron chi connectivity index (χ4n) is 3.17. The Morgan fingerprint density at radius 1 is 1.05 bits per heavy atom. The van der Waals surface area contributed by atoms with Crippen molar-refractivity contribution >= 4 is 22.6 Å². The van der Waals surface area contributed by atoms with Crippen molar-refractivity contribution in [2.75, 3.05) is 6.54 Å². The van der Waals surface area contributed by atoms with Gasteiger partial charge in [-0.3, -0.25) is 0 Å². The van der Waals surface area contributed by atoms with E-state index in [0.717, 1.165) is 13.0 Å². The summed E-state index contributed by atoms with van der Waals surface area (Å²) >= 11 is 2.40. The first-order chi connectivity index (χ1) is 10.3. The van der Waals surface area contributed by atoms with Crippen LogP contribution < -0.4 is 5.32 Å². The fourth-order valence-corrected chi connectivity index (χ4v) is 3.74. The monoisotopic (exact) mass is 391 g/mol. The van der Waals surface area contributed by atoms with Crippen molar-refractivity contribution < 1.29 is 0 Å². The van der Waals surface area contributed by atoms with E-state index in [1.807, 2.05) is 0 Å². The van der Waals surface area contributed by atoms with Crippen LogP contribution in [0, 0.1) is 3.57 Å². The molecule has 0 heterocycles. The molecule has 0 aliphatic heterocycles. The first-order valence-corrected chi connectivity index (χ1v) is 8.96. The molecule has 1 aliphatic carbocycles. The summed E-state index contributed by atoms with van der Waals surface area (Å²) in [7, 11) is 0. The van der Waals surface area contributed by atoms with Crippen LogP contribution in [0.15, 0.2) is 42.5 Å². The molecular weight excluding hydrogens is 369 g/mol. The van der Waals surface area contributed by atoms with E-state index in [4.69, 9.17) is 0 Å². The molecule has 3 rings (SSSR count). The van der Waals surface area contributed by atoms with Crippen molar-refractivity contribution in [3.63, 3.8) is 0 Å². The van der Waals surface area contributed by atoms with Gasteiger partial charge in [0.25, 0.3) is 0 Å². The lowest BCUT2D eigenvalue weighted by molar-refractivity contribution is 0.598. The predicted octanol–water partition coefficient (Wildman–Crippen LogP) is 4.87.